The van der Waals surface area contributed by atoms with Gasteiger partial charge in [-0.1, -0.05) is 69.0 Å². The molecule has 0 spiro atoms. The largest absolute Gasteiger partial charge is 0.490 e. The van der Waals surface area contributed by atoms with E-state index < -0.39 is 11.0 Å². The summed E-state index contributed by atoms with van der Waals surface area (Å²) >= 11 is 1.61. The van der Waals surface area contributed by atoms with Crippen molar-refractivity contribution in [3.8, 4) is 11.8 Å². The molecule has 0 saturated heterocycles. The number of nitrogens with one attached hydrogen (secondary N) is 1. The Bertz CT molecular complexity index is 1180. The maximum absolute atomic E-state index is 12.5. The fourth-order valence-corrected chi connectivity index (χ4v) is 6.24. The van der Waals surface area contributed by atoms with Crippen LogP contribution in [0.2, 0.25) is 0 Å². The Morgan fingerprint density at radius 1 is 1.32 bits per heavy atom. The molecule has 1 N–H and O–H groups in total. The standard InChI is InChI=1S/C28H35N3O2S2.C3H8/c1-7-28(34-20(4)21-11-14-27(33-19(2)3)22(17-21)18-29)25-10-8-9-24-23(25)12-13-26(24)30-35(32)16-15-31(5)6;1-3-2/h7-11,14,17,19,26,30H,4,12-13,15-16H2,1-3,5-6H3;3H2,1-2H3/b28-7-;. The predicted octanol–water partition coefficient (Wildman–Crippen LogP) is 7.33. The van der Waals surface area contributed by atoms with E-state index in [1.54, 1.807) is 11.8 Å². The first-order chi connectivity index (χ1) is 18.1. The molecule has 0 saturated carbocycles. The van der Waals surface area contributed by atoms with Crippen molar-refractivity contribution >= 4 is 32.6 Å². The normalized spacial score (nSPS) is 15.5. The molecule has 206 valence electrons. The summed E-state index contributed by atoms with van der Waals surface area (Å²) < 4.78 is 21.6. The molecule has 0 bridgehead atoms. The van der Waals surface area contributed by atoms with Gasteiger partial charge >= 0.3 is 0 Å². The van der Waals surface area contributed by atoms with Gasteiger partial charge in [-0.3, -0.25) is 0 Å². The van der Waals surface area contributed by atoms with Crippen LogP contribution in [-0.4, -0.2) is 41.6 Å². The Labute approximate surface area is 236 Å². The van der Waals surface area contributed by atoms with Crippen LogP contribution >= 0.6 is 11.8 Å². The minimum atomic E-state index is -1.06. The first-order valence-electron chi connectivity index (χ1n) is 13.3. The van der Waals surface area contributed by atoms with E-state index in [-0.39, 0.29) is 12.1 Å². The van der Waals surface area contributed by atoms with Crippen LogP contribution in [0.4, 0.5) is 0 Å². The van der Waals surface area contributed by atoms with E-state index in [4.69, 9.17) is 4.74 Å². The first-order valence-corrected chi connectivity index (χ1v) is 15.4. The molecular weight excluding hydrogens is 510 g/mol. The third-order valence-corrected chi connectivity index (χ3v) is 8.07. The predicted molar refractivity (Wildman–Crippen MR) is 165 cm³/mol. The molecule has 0 fully saturated rings. The SMILES string of the molecule is C=C(S/C(=C\C)c1cccc2c1CCC2NS(=O)CCN(C)C)c1ccc(OC(C)C)c(C#N)c1.CCC. The van der Waals surface area contributed by atoms with Crippen molar-refractivity contribution in [2.45, 2.75) is 66.0 Å². The van der Waals surface area contributed by atoms with Crippen molar-refractivity contribution < 1.29 is 8.95 Å². The van der Waals surface area contributed by atoms with E-state index in [0.717, 1.165) is 34.8 Å². The zero-order valence-electron chi connectivity index (χ0n) is 24.0. The lowest BCUT2D eigenvalue weighted by Crippen LogP contribution is -2.28. The van der Waals surface area contributed by atoms with Crippen molar-refractivity contribution in [2.75, 3.05) is 26.4 Å². The minimum Gasteiger partial charge on any atom is -0.490 e. The van der Waals surface area contributed by atoms with E-state index >= 15 is 0 Å². The fraction of sp³-hybridized carbons (Fsp3) is 0.452. The van der Waals surface area contributed by atoms with E-state index in [0.29, 0.717) is 17.1 Å². The number of benzene rings is 2. The lowest BCUT2D eigenvalue weighted by atomic mass is 10.0. The van der Waals surface area contributed by atoms with Gasteiger partial charge in [0.05, 0.1) is 28.4 Å². The molecule has 2 aromatic rings. The molecule has 0 aromatic heterocycles. The molecule has 3 rings (SSSR count). The number of fused-ring (bicyclic) bond motifs is 1. The van der Waals surface area contributed by atoms with Gasteiger partial charge in [0, 0.05) is 22.4 Å². The molecule has 0 aliphatic heterocycles. The zero-order valence-corrected chi connectivity index (χ0v) is 25.6. The molecule has 1 aliphatic rings. The number of hydrogen-bond donors (Lipinski definition) is 1. The highest BCUT2D eigenvalue weighted by atomic mass is 32.2. The highest BCUT2D eigenvalue weighted by Crippen LogP contribution is 2.43. The Morgan fingerprint density at radius 2 is 2.03 bits per heavy atom. The summed E-state index contributed by atoms with van der Waals surface area (Å²) in [5.41, 5.74) is 5.15. The van der Waals surface area contributed by atoms with E-state index in [2.05, 4.69) is 55.5 Å². The van der Waals surface area contributed by atoms with Gasteiger partial charge in [0.15, 0.2) is 0 Å². The average Bonchev–Trinajstić information content (AvgIpc) is 3.29. The smallest absolute Gasteiger partial charge is 0.137 e. The van der Waals surface area contributed by atoms with Gasteiger partial charge in [-0.2, -0.15) is 5.26 Å². The maximum Gasteiger partial charge on any atom is 0.137 e. The van der Waals surface area contributed by atoms with Gasteiger partial charge in [0.2, 0.25) is 0 Å². The summed E-state index contributed by atoms with van der Waals surface area (Å²) in [6.45, 7) is 15.3. The topological polar surface area (TPSA) is 65.4 Å². The van der Waals surface area contributed by atoms with Crippen molar-refractivity contribution in [3.63, 3.8) is 0 Å². The molecule has 0 heterocycles. The summed E-state index contributed by atoms with van der Waals surface area (Å²) in [7, 11) is 2.92. The number of hydrogen-bond acceptors (Lipinski definition) is 5. The number of ether oxygens (including phenoxy) is 1. The summed E-state index contributed by atoms with van der Waals surface area (Å²) in [6, 6.07) is 14.4. The molecule has 2 unspecified atom stereocenters. The van der Waals surface area contributed by atoms with Gasteiger partial charge in [-0.05, 0) is 82.1 Å². The third-order valence-electron chi connectivity index (χ3n) is 5.81. The number of rotatable bonds is 11. The number of thioether (sulfide) groups is 1. The van der Waals surface area contributed by atoms with Gasteiger partial charge in [0.25, 0.3) is 0 Å². The monoisotopic (exact) mass is 553 g/mol. The molecule has 38 heavy (non-hydrogen) atoms. The van der Waals surface area contributed by atoms with Crippen LogP contribution in [0.1, 0.15) is 81.3 Å². The Balaban J connectivity index is 0.00000161. The second kappa shape index (κ2) is 15.9. The highest BCUT2D eigenvalue weighted by molar-refractivity contribution is 8.16. The van der Waals surface area contributed by atoms with Crippen LogP contribution in [0.15, 0.2) is 49.1 Å². The van der Waals surface area contributed by atoms with Crippen molar-refractivity contribution in [1.29, 1.82) is 5.26 Å². The van der Waals surface area contributed by atoms with Crippen molar-refractivity contribution in [3.05, 3.63) is 76.9 Å². The van der Waals surface area contributed by atoms with Crippen LogP contribution in [0.5, 0.6) is 5.75 Å². The first kappa shape index (κ1) is 31.8. The zero-order chi connectivity index (χ0) is 28.2. The van der Waals surface area contributed by atoms with Crippen LogP contribution in [-0.2, 0) is 17.4 Å². The average molecular weight is 554 g/mol. The third kappa shape index (κ3) is 9.13. The van der Waals surface area contributed by atoms with E-state index in [1.807, 2.05) is 58.0 Å². The summed E-state index contributed by atoms with van der Waals surface area (Å²) in [4.78, 5) is 4.05. The number of nitrogens with zero attached hydrogens (tertiary/aromatic N) is 2. The minimum absolute atomic E-state index is 0.00376. The van der Waals surface area contributed by atoms with Gasteiger partial charge in [-0.25, -0.2) is 8.93 Å². The molecule has 0 amide bonds. The molecule has 0 radical (unpaired) electrons. The molecule has 5 nitrogen and oxygen atoms in total. The molecule has 2 aromatic carbocycles. The highest BCUT2D eigenvalue weighted by Gasteiger charge is 2.27. The van der Waals surface area contributed by atoms with Gasteiger partial charge in [0.1, 0.15) is 11.8 Å². The van der Waals surface area contributed by atoms with Crippen LogP contribution < -0.4 is 9.46 Å². The van der Waals surface area contributed by atoms with Crippen molar-refractivity contribution in [1.82, 2.24) is 9.62 Å². The van der Waals surface area contributed by atoms with E-state index in [1.165, 1.54) is 23.1 Å². The molecule has 2 atom stereocenters. The Morgan fingerprint density at radius 3 is 2.63 bits per heavy atom. The summed E-state index contributed by atoms with van der Waals surface area (Å²) in [5, 5.41) is 9.59. The molecule has 7 heteroatoms. The van der Waals surface area contributed by atoms with Gasteiger partial charge in [-0.15, -0.1) is 0 Å². The summed E-state index contributed by atoms with van der Waals surface area (Å²) in [6.07, 6.45) is 5.25. The van der Waals surface area contributed by atoms with Crippen LogP contribution in [0.3, 0.4) is 0 Å². The quantitative estimate of drug-likeness (QED) is 0.316. The van der Waals surface area contributed by atoms with Gasteiger partial charge < -0.3 is 9.64 Å². The lowest BCUT2D eigenvalue weighted by molar-refractivity contribution is 0.241. The van der Waals surface area contributed by atoms with Crippen LogP contribution in [0, 0.1) is 11.3 Å². The second-order valence-electron chi connectivity index (χ2n) is 9.81. The lowest BCUT2D eigenvalue weighted by Gasteiger charge is -2.17. The molecular formula is C31H43N3O2S2. The molecule has 1 aliphatic carbocycles. The van der Waals surface area contributed by atoms with Crippen LogP contribution in [0.25, 0.3) is 9.81 Å². The number of allylic oxidation sites excluding steroid dienone is 1. The number of nitriles is 1. The second-order valence-corrected chi connectivity index (χ2v) is 12.3. The Hall–Kier alpha value is -2.37. The van der Waals surface area contributed by atoms with Crippen molar-refractivity contribution in [2.24, 2.45) is 0 Å². The van der Waals surface area contributed by atoms with E-state index in [9.17, 15) is 9.47 Å². The Kier molecular flexibility index (Phi) is 13.3. The summed E-state index contributed by atoms with van der Waals surface area (Å²) in [5.74, 6) is 1.21. The fourth-order valence-electron chi connectivity index (χ4n) is 4.10. The maximum atomic E-state index is 12.5.